The van der Waals surface area contributed by atoms with Crippen molar-refractivity contribution < 1.29 is 4.42 Å². The lowest BCUT2D eigenvalue weighted by molar-refractivity contribution is 0.536. The summed E-state index contributed by atoms with van der Waals surface area (Å²) in [5.74, 6) is 0. The van der Waals surface area contributed by atoms with E-state index in [1.165, 1.54) is 12.1 Å². The molecule has 0 saturated carbocycles. The highest BCUT2D eigenvalue weighted by molar-refractivity contribution is 9.10. The Morgan fingerprint density at radius 1 is 1.42 bits per heavy atom. The molecular formula is C14H16BrN3O. The third-order valence-electron chi connectivity index (χ3n) is 3.44. The van der Waals surface area contributed by atoms with Gasteiger partial charge in [-0.05, 0) is 34.5 Å². The van der Waals surface area contributed by atoms with E-state index in [1.54, 1.807) is 6.26 Å². The van der Waals surface area contributed by atoms with Gasteiger partial charge >= 0.3 is 0 Å². The lowest BCUT2D eigenvalue weighted by Gasteiger charge is -2.20. The number of hydrogen-bond acceptors (Lipinski definition) is 4. The van der Waals surface area contributed by atoms with E-state index in [0.29, 0.717) is 6.04 Å². The number of oxazole rings is 1. The summed E-state index contributed by atoms with van der Waals surface area (Å²) in [6, 6.07) is 8.87. The highest BCUT2D eigenvalue weighted by Crippen LogP contribution is 2.28. The number of halogens is 1. The summed E-state index contributed by atoms with van der Waals surface area (Å²) in [4.78, 5) is 6.53. The second-order valence-corrected chi connectivity index (χ2v) is 5.60. The molecule has 0 aliphatic carbocycles. The molecule has 3 rings (SSSR count). The SMILES string of the molecule is Brc1ccccc1N1CC[C@H](NCc2cocn2)C1. The predicted molar refractivity (Wildman–Crippen MR) is 78.1 cm³/mol. The van der Waals surface area contributed by atoms with Crippen LogP contribution in [0.15, 0.2) is 45.8 Å². The number of benzene rings is 1. The molecule has 1 N–H and O–H groups in total. The number of nitrogens with one attached hydrogen (secondary N) is 1. The number of anilines is 1. The zero-order valence-corrected chi connectivity index (χ0v) is 12.1. The van der Waals surface area contributed by atoms with Crippen LogP contribution in [0.2, 0.25) is 0 Å². The molecule has 2 aromatic rings. The van der Waals surface area contributed by atoms with Gasteiger partial charge in [-0.25, -0.2) is 4.98 Å². The van der Waals surface area contributed by atoms with Crippen molar-refractivity contribution in [2.24, 2.45) is 0 Å². The number of nitrogens with zero attached hydrogens (tertiary/aromatic N) is 2. The average Bonchev–Trinajstić information content (AvgIpc) is 3.08. The van der Waals surface area contributed by atoms with E-state index in [0.717, 1.165) is 36.2 Å². The fourth-order valence-corrected chi connectivity index (χ4v) is 2.96. The molecule has 0 unspecified atom stereocenters. The van der Waals surface area contributed by atoms with Crippen LogP contribution in [0.1, 0.15) is 12.1 Å². The molecule has 0 bridgehead atoms. The lowest BCUT2D eigenvalue weighted by Crippen LogP contribution is -2.32. The van der Waals surface area contributed by atoms with Gasteiger partial charge in [0.15, 0.2) is 6.39 Å². The summed E-state index contributed by atoms with van der Waals surface area (Å²) in [6.07, 6.45) is 4.31. The van der Waals surface area contributed by atoms with Crippen LogP contribution in [0.5, 0.6) is 0 Å². The van der Waals surface area contributed by atoms with Gasteiger partial charge in [0.1, 0.15) is 6.26 Å². The Hall–Kier alpha value is -1.33. The largest absolute Gasteiger partial charge is 0.451 e. The van der Waals surface area contributed by atoms with E-state index >= 15 is 0 Å². The third kappa shape index (κ3) is 2.98. The highest BCUT2D eigenvalue weighted by Gasteiger charge is 2.23. The second-order valence-electron chi connectivity index (χ2n) is 4.74. The molecule has 2 heterocycles. The quantitative estimate of drug-likeness (QED) is 0.940. The van der Waals surface area contributed by atoms with Gasteiger partial charge < -0.3 is 14.6 Å². The van der Waals surface area contributed by atoms with Gasteiger partial charge in [-0.1, -0.05) is 12.1 Å². The zero-order valence-electron chi connectivity index (χ0n) is 10.6. The Labute approximate surface area is 120 Å². The Balaban J connectivity index is 1.57. The van der Waals surface area contributed by atoms with Gasteiger partial charge in [-0.3, -0.25) is 0 Å². The summed E-state index contributed by atoms with van der Waals surface area (Å²) in [5, 5.41) is 3.52. The number of hydrogen-bond donors (Lipinski definition) is 1. The molecule has 1 saturated heterocycles. The van der Waals surface area contributed by atoms with Gasteiger partial charge in [0, 0.05) is 30.1 Å². The van der Waals surface area contributed by atoms with Crippen molar-refractivity contribution in [2.75, 3.05) is 18.0 Å². The maximum absolute atomic E-state index is 4.97. The van der Waals surface area contributed by atoms with Gasteiger partial charge in [-0.15, -0.1) is 0 Å². The zero-order chi connectivity index (χ0) is 13.1. The van der Waals surface area contributed by atoms with Gasteiger partial charge in [0.25, 0.3) is 0 Å². The van der Waals surface area contributed by atoms with Crippen LogP contribution in [0.4, 0.5) is 5.69 Å². The monoisotopic (exact) mass is 321 g/mol. The van der Waals surface area contributed by atoms with Crippen molar-refractivity contribution in [2.45, 2.75) is 19.0 Å². The van der Waals surface area contributed by atoms with E-state index < -0.39 is 0 Å². The fourth-order valence-electron chi connectivity index (χ4n) is 2.43. The summed E-state index contributed by atoms with van der Waals surface area (Å²) < 4.78 is 6.13. The van der Waals surface area contributed by atoms with Gasteiger partial charge in [-0.2, -0.15) is 0 Å². The standard InChI is InChI=1S/C14H16BrN3O/c15-13-3-1-2-4-14(13)18-6-5-11(8-18)16-7-12-9-19-10-17-12/h1-4,9-11,16H,5-8H2/t11-/m0/s1. The van der Waals surface area contributed by atoms with Crippen molar-refractivity contribution in [1.82, 2.24) is 10.3 Å². The smallest absolute Gasteiger partial charge is 0.180 e. The summed E-state index contributed by atoms with van der Waals surface area (Å²) >= 11 is 3.61. The van der Waals surface area contributed by atoms with Gasteiger partial charge in [0.05, 0.1) is 11.4 Å². The highest BCUT2D eigenvalue weighted by atomic mass is 79.9. The van der Waals surface area contributed by atoms with Crippen LogP contribution < -0.4 is 10.2 Å². The van der Waals surface area contributed by atoms with E-state index in [2.05, 4.69) is 49.3 Å². The molecule has 1 aromatic heterocycles. The van der Waals surface area contributed by atoms with Crippen LogP contribution in [0.3, 0.4) is 0 Å². The first-order chi connectivity index (χ1) is 9.33. The Morgan fingerprint density at radius 2 is 2.32 bits per heavy atom. The van der Waals surface area contributed by atoms with Crippen molar-refractivity contribution >= 4 is 21.6 Å². The lowest BCUT2D eigenvalue weighted by atomic mass is 10.2. The molecule has 0 radical (unpaired) electrons. The third-order valence-corrected chi connectivity index (χ3v) is 4.11. The second kappa shape index (κ2) is 5.75. The maximum atomic E-state index is 4.97. The van der Waals surface area contributed by atoms with Crippen LogP contribution in [-0.2, 0) is 6.54 Å². The van der Waals surface area contributed by atoms with E-state index in [1.807, 2.05) is 6.07 Å². The molecule has 0 spiro atoms. The predicted octanol–water partition coefficient (Wildman–Crippen LogP) is 2.81. The molecule has 1 atom stereocenters. The first kappa shape index (κ1) is 12.7. The minimum absolute atomic E-state index is 0.504. The average molecular weight is 322 g/mol. The van der Waals surface area contributed by atoms with Crippen molar-refractivity contribution in [3.8, 4) is 0 Å². The van der Waals surface area contributed by atoms with E-state index in [-0.39, 0.29) is 0 Å². The molecular weight excluding hydrogens is 306 g/mol. The Kier molecular flexibility index (Phi) is 3.84. The summed E-state index contributed by atoms with van der Waals surface area (Å²) in [7, 11) is 0. The summed E-state index contributed by atoms with van der Waals surface area (Å²) in [5.41, 5.74) is 2.23. The van der Waals surface area contributed by atoms with Crippen molar-refractivity contribution in [1.29, 1.82) is 0 Å². The Bertz CT molecular complexity index is 529. The van der Waals surface area contributed by atoms with Crippen molar-refractivity contribution in [3.05, 3.63) is 47.1 Å². The van der Waals surface area contributed by atoms with Crippen LogP contribution in [-0.4, -0.2) is 24.1 Å². The van der Waals surface area contributed by atoms with Crippen molar-refractivity contribution in [3.63, 3.8) is 0 Å². The normalized spacial score (nSPS) is 19.0. The van der Waals surface area contributed by atoms with Crippen LogP contribution in [0, 0.1) is 0 Å². The molecule has 100 valence electrons. The molecule has 19 heavy (non-hydrogen) atoms. The number of aromatic nitrogens is 1. The molecule has 1 fully saturated rings. The molecule has 0 amide bonds. The minimum atomic E-state index is 0.504. The van der Waals surface area contributed by atoms with E-state index in [9.17, 15) is 0 Å². The molecule has 5 heteroatoms. The molecule has 4 nitrogen and oxygen atoms in total. The van der Waals surface area contributed by atoms with Gasteiger partial charge in [0.2, 0.25) is 0 Å². The molecule has 1 aromatic carbocycles. The Morgan fingerprint density at radius 3 is 3.11 bits per heavy atom. The molecule has 1 aliphatic rings. The fraction of sp³-hybridized carbons (Fsp3) is 0.357. The topological polar surface area (TPSA) is 41.3 Å². The minimum Gasteiger partial charge on any atom is -0.451 e. The van der Waals surface area contributed by atoms with E-state index in [4.69, 9.17) is 4.42 Å². The first-order valence-electron chi connectivity index (χ1n) is 6.43. The maximum Gasteiger partial charge on any atom is 0.180 e. The molecule has 1 aliphatic heterocycles. The summed E-state index contributed by atoms with van der Waals surface area (Å²) in [6.45, 7) is 2.88. The van der Waals surface area contributed by atoms with Crippen LogP contribution >= 0.6 is 15.9 Å². The number of rotatable bonds is 4. The van der Waals surface area contributed by atoms with Crippen LogP contribution in [0.25, 0.3) is 0 Å². The number of para-hydroxylation sites is 1. The first-order valence-corrected chi connectivity index (χ1v) is 7.22.